The average Bonchev–Trinajstić information content (AvgIpc) is 3.03. The number of carbonyl (C=O) groups excluding carboxylic acids is 1. The summed E-state index contributed by atoms with van der Waals surface area (Å²) in [6.07, 6.45) is 3.53. The van der Waals surface area contributed by atoms with Crippen LogP contribution in [0.5, 0.6) is 11.6 Å². The van der Waals surface area contributed by atoms with Crippen LogP contribution in [0.4, 0.5) is 5.82 Å². The number of fused-ring (bicyclic) bond motifs is 1. The first-order valence-corrected chi connectivity index (χ1v) is 9.44. The van der Waals surface area contributed by atoms with Gasteiger partial charge in [-0.25, -0.2) is 9.97 Å². The maximum atomic E-state index is 12.0. The number of aromatic nitrogens is 2. The second-order valence-electron chi connectivity index (χ2n) is 7.11. The highest BCUT2D eigenvalue weighted by Crippen LogP contribution is 2.30. The van der Waals surface area contributed by atoms with Gasteiger partial charge >= 0.3 is 0 Å². The van der Waals surface area contributed by atoms with E-state index >= 15 is 0 Å². The van der Waals surface area contributed by atoms with E-state index < -0.39 is 6.04 Å². The molecular formula is C20H24N4O4. The van der Waals surface area contributed by atoms with Gasteiger partial charge in [0.05, 0.1) is 37.2 Å². The number of aliphatic hydroxyl groups is 1. The molecule has 0 saturated carbocycles. The summed E-state index contributed by atoms with van der Waals surface area (Å²) in [6.45, 7) is 3.44. The fourth-order valence-corrected chi connectivity index (χ4v) is 3.76. The second-order valence-corrected chi connectivity index (χ2v) is 7.11. The normalized spacial score (nSPS) is 19.3. The fourth-order valence-electron chi connectivity index (χ4n) is 3.76. The Morgan fingerprint density at radius 3 is 2.75 bits per heavy atom. The van der Waals surface area contributed by atoms with Gasteiger partial charge in [-0.3, -0.25) is 4.79 Å². The average molecular weight is 384 g/mol. The number of nitrogens with one attached hydrogen (secondary N) is 1. The van der Waals surface area contributed by atoms with Crippen LogP contribution in [-0.4, -0.2) is 53.9 Å². The Labute approximate surface area is 163 Å². The molecule has 4 rings (SSSR count). The molecule has 1 saturated heterocycles. The summed E-state index contributed by atoms with van der Waals surface area (Å²) in [5.74, 6) is 2.01. The monoisotopic (exact) mass is 384 g/mol. The number of nitrogens with zero attached hydrogens (tertiary/aromatic N) is 3. The van der Waals surface area contributed by atoms with Gasteiger partial charge in [0, 0.05) is 32.0 Å². The molecule has 2 aromatic rings. The minimum absolute atomic E-state index is 0.120. The van der Waals surface area contributed by atoms with Gasteiger partial charge in [0.1, 0.15) is 17.7 Å². The van der Waals surface area contributed by atoms with E-state index in [1.807, 2.05) is 19.1 Å². The number of pyridine rings is 2. The molecule has 0 unspecified atom stereocenters. The number of ether oxygens (including phenoxy) is 2. The van der Waals surface area contributed by atoms with Crippen molar-refractivity contribution in [2.75, 3.05) is 31.7 Å². The number of rotatable bonds is 5. The van der Waals surface area contributed by atoms with Crippen LogP contribution < -0.4 is 19.7 Å². The maximum absolute atomic E-state index is 12.0. The van der Waals surface area contributed by atoms with Crippen molar-refractivity contribution in [2.45, 2.75) is 31.9 Å². The van der Waals surface area contributed by atoms with Crippen molar-refractivity contribution < 1.29 is 19.4 Å². The lowest BCUT2D eigenvalue weighted by molar-refractivity contribution is 0.0942. The molecule has 1 fully saturated rings. The zero-order valence-electron chi connectivity index (χ0n) is 16.0. The van der Waals surface area contributed by atoms with Crippen molar-refractivity contribution in [3.05, 3.63) is 41.2 Å². The highest BCUT2D eigenvalue weighted by atomic mass is 16.5. The van der Waals surface area contributed by atoms with E-state index in [0.29, 0.717) is 17.1 Å². The molecule has 2 aromatic heterocycles. The Balaban J connectivity index is 1.43. The van der Waals surface area contributed by atoms with Crippen molar-refractivity contribution in [3.8, 4) is 11.6 Å². The van der Waals surface area contributed by atoms with Gasteiger partial charge in [-0.2, -0.15) is 0 Å². The molecule has 0 bridgehead atoms. The predicted molar refractivity (Wildman–Crippen MR) is 103 cm³/mol. The van der Waals surface area contributed by atoms with Crippen LogP contribution >= 0.6 is 0 Å². The first kappa shape index (κ1) is 18.5. The van der Waals surface area contributed by atoms with Crippen LogP contribution in [0.1, 0.15) is 40.5 Å². The van der Waals surface area contributed by atoms with E-state index in [4.69, 9.17) is 14.5 Å². The zero-order valence-corrected chi connectivity index (χ0v) is 16.0. The molecular weight excluding hydrogens is 360 g/mol. The summed E-state index contributed by atoms with van der Waals surface area (Å²) >= 11 is 0. The summed E-state index contributed by atoms with van der Waals surface area (Å²) in [6, 6.07) is 5.10. The minimum Gasteiger partial charge on any atom is -0.489 e. The molecule has 0 spiro atoms. The molecule has 8 heteroatoms. The van der Waals surface area contributed by atoms with Crippen molar-refractivity contribution in [1.82, 2.24) is 15.3 Å². The quantitative estimate of drug-likeness (QED) is 0.808. The van der Waals surface area contributed by atoms with Gasteiger partial charge in [-0.15, -0.1) is 0 Å². The van der Waals surface area contributed by atoms with Crippen LogP contribution in [0.15, 0.2) is 24.4 Å². The molecule has 0 aromatic carbocycles. The lowest BCUT2D eigenvalue weighted by Gasteiger charge is -2.34. The first-order chi connectivity index (χ1) is 13.6. The summed E-state index contributed by atoms with van der Waals surface area (Å²) in [7, 11) is 1.59. The van der Waals surface area contributed by atoms with Gasteiger partial charge in [0.2, 0.25) is 5.88 Å². The summed E-state index contributed by atoms with van der Waals surface area (Å²) in [4.78, 5) is 23.1. The number of piperidine rings is 1. The number of methoxy groups -OCH3 is 1. The molecule has 1 atom stereocenters. The third-order valence-electron chi connectivity index (χ3n) is 5.24. The number of hydrogen-bond donors (Lipinski definition) is 2. The van der Waals surface area contributed by atoms with Crippen molar-refractivity contribution in [3.63, 3.8) is 0 Å². The molecule has 0 radical (unpaired) electrons. The van der Waals surface area contributed by atoms with Crippen LogP contribution in [-0.2, 0) is 0 Å². The summed E-state index contributed by atoms with van der Waals surface area (Å²) in [5, 5.41) is 12.3. The Hall–Kier alpha value is -2.87. The van der Waals surface area contributed by atoms with Crippen molar-refractivity contribution >= 4 is 11.7 Å². The van der Waals surface area contributed by atoms with E-state index in [9.17, 15) is 9.90 Å². The zero-order chi connectivity index (χ0) is 19.7. The first-order valence-electron chi connectivity index (χ1n) is 9.44. The Morgan fingerprint density at radius 2 is 2.11 bits per heavy atom. The lowest BCUT2D eigenvalue weighted by atomic mass is 10.1. The Kier molecular flexibility index (Phi) is 5.04. The van der Waals surface area contributed by atoms with Gasteiger partial charge in [0.15, 0.2) is 0 Å². The van der Waals surface area contributed by atoms with Crippen LogP contribution in [0.2, 0.25) is 0 Å². The minimum atomic E-state index is -0.426. The van der Waals surface area contributed by atoms with Gasteiger partial charge in [-0.05, 0) is 24.6 Å². The molecule has 148 valence electrons. The SMILES string of the molecule is COc1ccc(OC2CCN(c3nc4c(cc3C)C(=O)N[C@H]4CO)CC2)cn1. The standard InChI is InChI=1S/C20H24N4O4/c1-12-9-15-18(16(11-25)22-20(15)26)23-19(12)24-7-5-13(6-8-24)28-14-3-4-17(27-2)21-10-14/h3-4,9-10,13,16,25H,5-8,11H2,1-2H3,(H,22,26)/t16-/m0/s1. The van der Waals surface area contributed by atoms with E-state index in [-0.39, 0.29) is 18.6 Å². The van der Waals surface area contributed by atoms with Crippen LogP contribution in [0, 0.1) is 6.92 Å². The highest BCUT2D eigenvalue weighted by molar-refractivity contribution is 5.99. The molecule has 0 aliphatic carbocycles. The van der Waals surface area contributed by atoms with Gasteiger partial charge < -0.3 is 24.8 Å². The third-order valence-corrected chi connectivity index (χ3v) is 5.24. The van der Waals surface area contributed by atoms with E-state index in [2.05, 4.69) is 15.2 Å². The Bertz CT molecular complexity index is 863. The Morgan fingerprint density at radius 1 is 1.32 bits per heavy atom. The summed E-state index contributed by atoms with van der Waals surface area (Å²) < 4.78 is 11.1. The van der Waals surface area contributed by atoms with E-state index in [1.165, 1.54) is 0 Å². The van der Waals surface area contributed by atoms with Gasteiger partial charge in [-0.1, -0.05) is 0 Å². The molecule has 2 aliphatic rings. The molecule has 28 heavy (non-hydrogen) atoms. The smallest absolute Gasteiger partial charge is 0.253 e. The van der Waals surface area contributed by atoms with Crippen LogP contribution in [0.3, 0.4) is 0 Å². The molecule has 8 nitrogen and oxygen atoms in total. The molecule has 2 aliphatic heterocycles. The van der Waals surface area contributed by atoms with E-state index in [0.717, 1.165) is 43.1 Å². The van der Waals surface area contributed by atoms with Gasteiger partial charge in [0.25, 0.3) is 5.91 Å². The summed E-state index contributed by atoms with van der Waals surface area (Å²) in [5.41, 5.74) is 2.16. The number of amides is 1. The lowest BCUT2D eigenvalue weighted by Crippen LogP contribution is -2.39. The number of hydrogen-bond acceptors (Lipinski definition) is 7. The van der Waals surface area contributed by atoms with E-state index in [1.54, 1.807) is 19.4 Å². The largest absolute Gasteiger partial charge is 0.489 e. The number of aryl methyl sites for hydroxylation is 1. The molecule has 4 heterocycles. The third kappa shape index (κ3) is 3.47. The number of anilines is 1. The fraction of sp³-hybridized carbons (Fsp3) is 0.450. The predicted octanol–water partition coefficient (Wildman–Crippen LogP) is 1.62. The number of carbonyl (C=O) groups is 1. The topological polar surface area (TPSA) is 96.8 Å². The molecule has 2 N–H and O–H groups in total. The second kappa shape index (κ2) is 7.63. The molecule has 1 amide bonds. The number of aliphatic hydroxyl groups excluding tert-OH is 1. The maximum Gasteiger partial charge on any atom is 0.253 e. The highest BCUT2D eigenvalue weighted by Gasteiger charge is 2.32. The van der Waals surface area contributed by atoms with Crippen LogP contribution in [0.25, 0.3) is 0 Å². The van der Waals surface area contributed by atoms with Crippen molar-refractivity contribution in [1.29, 1.82) is 0 Å². The van der Waals surface area contributed by atoms with Crippen molar-refractivity contribution in [2.24, 2.45) is 0 Å².